The number of unbranched alkanes of at least 4 members (excludes halogenated alkanes) is 3. The number of benzene rings is 2. The minimum atomic E-state index is -1.16. The number of aryl methyl sites for hydroxylation is 1. The molecular formula is C38H48ClN3O5. The zero-order valence-corrected chi connectivity index (χ0v) is 28.5. The molecule has 2 aromatic carbocycles. The third kappa shape index (κ3) is 6.28. The Morgan fingerprint density at radius 2 is 1.74 bits per heavy atom. The number of ether oxygens (including phenoxy) is 1. The minimum Gasteiger partial charge on any atom is -0.396 e. The number of aliphatic hydroxyl groups excluding tert-OH is 1. The summed E-state index contributed by atoms with van der Waals surface area (Å²) in [6.07, 6.45) is 7.97. The van der Waals surface area contributed by atoms with Crippen LogP contribution in [0, 0.1) is 18.8 Å². The van der Waals surface area contributed by atoms with Crippen LogP contribution in [0.25, 0.3) is 0 Å². The summed E-state index contributed by atoms with van der Waals surface area (Å²) in [5.41, 5.74) is 0.383. The topological polar surface area (TPSA) is 90.4 Å². The molecule has 47 heavy (non-hydrogen) atoms. The van der Waals surface area contributed by atoms with Crippen LogP contribution in [-0.2, 0) is 25.7 Å². The van der Waals surface area contributed by atoms with Crippen molar-refractivity contribution in [1.82, 2.24) is 9.80 Å². The lowest BCUT2D eigenvalue weighted by Gasteiger charge is -2.37. The Balaban J connectivity index is 1.57. The molecule has 3 heterocycles. The van der Waals surface area contributed by atoms with Crippen molar-refractivity contribution in [2.75, 3.05) is 31.1 Å². The highest BCUT2D eigenvalue weighted by Gasteiger charge is 2.79. The van der Waals surface area contributed by atoms with E-state index in [9.17, 15) is 14.7 Å². The van der Waals surface area contributed by atoms with E-state index in [0.717, 1.165) is 24.0 Å². The minimum absolute atomic E-state index is 0.115. The summed E-state index contributed by atoms with van der Waals surface area (Å²) in [6.45, 7) is 13.1. The smallest absolute Gasteiger partial charge is 0.253 e. The molecule has 3 amide bonds. The average molecular weight is 662 g/mol. The third-order valence-corrected chi connectivity index (χ3v) is 10.7. The molecule has 0 aliphatic carbocycles. The standard InChI is InChI=1S/C38H48ClN3O5/c1-5-22-40(26-28-17-11-10-12-18-28)34(44)30-31-35(45)42(24-13-8-9-14-25-43)33(38(31)21-20-37(30,7-3)47-38)36(46)41(23-6-2)32-27(4)16-15-19-29(32)39/h5-6,10-12,15-19,30-31,33,43H,1-2,7-9,13-14,20-26H2,3-4H3/t30-,31-,33?,37+,38?/m0/s1. The van der Waals surface area contributed by atoms with Gasteiger partial charge in [-0.3, -0.25) is 14.4 Å². The highest BCUT2D eigenvalue weighted by Crippen LogP contribution is 2.65. The lowest BCUT2D eigenvalue weighted by molar-refractivity contribution is -0.151. The van der Waals surface area contributed by atoms with Crippen molar-refractivity contribution in [3.8, 4) is 0 Å². The van der Waals surface area contributed by atoms with Crippen LogP contribution in [0.2, 0.25) is 5.02 Å². The second kappa shape index (κ2) is 14.8. The number of hydrogen-bond donors (Lipinski definition) is 1. The lowest BCUT2D eigenvalue weighted by atomic mass is 9.64. The van der Waals surface area contributed by atoms with Gasteiger partial charge < -0.3 is 24.5 Å². The van der Waals surface area contributed by atoms with Gasteiger partial charge in [-0.1, -0.05) is 86.0 Å². The van der Waals surface area contributed by atoms with Crippen molar-refractivity contribution in [3.05, 3.63) is 90.0 Å². The second-order valence-corrected chi connectivity index (χ2v) is 13.5. The van der Waals surface area contributed by atoms with Crippen LogP contribution in [0.4, 0.5) is 5.69 Å². The summed E-state index contributed by atoms with van der Waals surface area (Å²) in [5, 5.41) is 9.73. The van der Waals surface area contributed by atoms with Gasteiger partial charge in [-0.15, -0.1) is 13.2 Å². The number of rotatable bonds is 16. The van der Waals surface area contributed by atoms with Crippen LogP contribution in [0.15, 0.2) is 73.8 Å². The fourth-order valence-corrected chi connectivity index (χ4v) is 8.61. The zero-order valence-electron chi connectivity index (χ0n) is 27.7. The monoisotopic (exact) mass is 661 g/mol. The van der Waals surface area contributed by atoms with E-state index < -0.39 is 29.1 Å². The maximum atomic E-state index is 15.0. The molecule has 2 bridgehead atoms. The van der Waals surface area contributed by atoms with Crippen LogP contribution in [-0.4, -0.2) is 76.1 Å². The van der Waals surface area contributed by atoms with E-state index in [0.29, 0.717) is 62.4 Å². The molecule has 3 aliphatic heterocycles. The maximum absolute atomic E-state index is 15.0. The van der Waals surface area contributed by atoms with Gasteiger partial charge in [0, 0.05) is 32.8 Å². The molecule has 8 nitrogen and oxygen atoms in total. The van der Waals surface area contributed by atoms with Gasteiger partial charge in [-0.2, -0.15) is 0 Å². The Hall–Kier alpha value is -3.46. The van der Waals surface area contributed by atoms with Gasteiger partial charge in [0.25, 0.3) is 5.91 Å². The van der Waals surface area contributed by atoms with Gasteiger partial charge in [0.2, 0.25) is 11.8 Å². The number of hydrogen-bond acceptors (Lipinski definition) is 5. The number of amides is 3. The Bertz CT molecular complexity index is 1460. The van der Waals surface area contributed by atoms with Crippen LogP contribution in [0.5, 0.6) is 0 Å². The van der Waals surface area contributed by atoms with E-state index in [2.05, 4.69) is 13.2 Å². The second-order valence-electron chi connectivity index (χ2n) is 13.1. The molecule has 1 N–H and O–H groups in total. The number of anilines is 1. The van der Waals surface area contributed by atoms with E-state index in [1.54, 1.807) is 32.9 Å². The molecule has 252 valence electrons. The molecule has 0 saturated carbocycles. The van der Waals surface area contributed by atoms with Crippen LogP contribution in [0.3, 0.4) is 0 Å². The average Bonchev–Trinajstić information content (AvgIpc) is 3.67. The Labute approximate surface area is 284 Å². The SMILES string of the molecule is C=CCN(Cc1ccccc1)C(=O)[C@@H]1[C@H]2C(=O)N(CCCCCCO)C(C(=O)N(CC=C)c3c(C)cccc3Cl)C23CC[C@@]1(CC)O3. The molecule has 0 aromatic heterocycles. The summed E-state index contributed by atoms with van der Waals surface area (Å²) in [6, 6.07) is 14.4. The number of carbonyl (C=O) groups is 3. The van der Waals surface area contributed by atoms with Gasteiger partial charge in [-0.25, -0.2) is 0 Å². The molecule has 5 rings (SSSR count). The van der Waals surface area contributed by atoms with Gasteiger partial charge in [-0.05, 0) is 56.2 Å². The Morgan fingerprint density at radius 1 is 1.02 bits per heavy atom. The molecule has 9 heteroatoms. The van der Waals surface area contributed by atoms with Crippen molar-refractivity contribution in [3.63, 3.8) is 0 Å². The number of fused-ring (bicyclic) bond motifs is 1. The molecule has 1 spiro atoms. The Kier molecular flexibility index (Phi) is 10.9. The summed E-state index contributed by atoms with van der Waals surface area (Å²) in [7, 11) is 0. The Morgan fingerprint density at radius 3 is 2.40 bits per heavy atom. The van der Waals surface area contributed by atoms with E-state index in [1.807, 2.05) is 56.3 Å². The first-order valence-electron chi connectivity index (χ1n) is 16.9. The van der Waals surface area contributed by atoms with Crippen molar-refractivity contribution in [2.24, 2.45) is 11.8 Å². The quantitative estimate of drug-likeness (QED) is 0.174. The van der Waals surface area contributed by atoms with Gasteiger partial charge >= 0.3 is 0 Å². The van der Waals surface area contributed by atoms with Crippen LogP contribution < -0.4 is 4.90 Å². The van der Waals surface area contributed by atoms with Crippen molar-refractivity contribution in [2.45, 2.75) is 82.6 Å². The first-order valence-corrected chi connectivity index (χ1v) is 17.3. The first kappa shape index (κ1) is 34.9. The largest absolute Gasteiger partial charge is 0.396 e. The molecule has 3 saturated heterocycles. The summed E-state index contributed by atoms with van der Waals surface area (Å²) >= 11 is 6.72. The first-order chi connectivity index (χ1) is 22.7. The number of halogens is 1. The number of carbonyl (C=O) groups excluding carboxylic acids is 3. The third-order valence-electron chi connectivity index (χ3n) is 10.4. The molecule has 3 aliphatic rings. The highest BCUT2D eigenvalue weighted by molar-refractivity contribution is 6.34. The number of likely N-dealkylation sites (tertiary alicyclic amines) is 1. The van der Waals surface area contributed by atoms with E-state index in [1.165, 1.54) is 0 Å². The van der Waals surface area contributed by atoms with Crippen LogP contribution in [0.1, 0.15) is 63.0 Å². The number of para-hydroxylation sites is 1. The normalized spacial score (nSPS) is 25.9. The zero-order chi connectivity index (χ0) is 33.8. The summed E-state index contributed by atoms with van der Waals surface area (Å²) in [5.74, 6) is -2.15. The van der Waals surface area contributed by atoms with E-state index >= 15 is 4.79 Å². The van der Waals surface area contributed by atoms with Crippen molar-refractivity contribution < 1.29 is 24.2 Å². The molecular weight excluding hydrogens is 614 g/mol. The van der Waals surface area contributed by atoms with Gasteiger partial charge in [0.05, 0.1) is 28.1 Å². The maximum Gasteiger partial charge on any atom is 0.253 e. The molecule has 2 unspecified atom stereocenters. The van der Waals surface area contributed by atoms with E-state index in [4.69, 9.17) is 16.3 Å². The molecule has 5 atom stereocenters. The van der Waals surface area contributed by atoms with Gasteiger partial charge in [0.1, 0.15) is 11.6 Å². The predicted octanol–water partition coefficient (Wildman–Crippen LogP) is 6.09. The van der Waals surface area contributed by atoms with Crippen molar-refractivity contribution >= 4 is 35.0 Å². The fourth-order valence-electron chi connectivity index (χ4n) is 8.28. The molecule has 2 aromatic rings. The van der Waals surface area contributed by atoms with E-state index in [-0.39, 0.29) is 30.9 Å². The highest BCUT2D eigenvalue weighted by atomic mass is 35.5. The summed E-state index contributed by atoms with van der Waals surface area (Å²) in [4.78, 5) is 49.6. The molecule has 3 fully saturated rings. The van der Waals surface area contributed by atoms with Gasteiger partial charge in [0.15, 0.2) is 0 Å². The van der Waals surface area contributed by atoms with Crippen molar-refractivity contribution in [1.29, 1.82) is 0 Å². The fraction of sp³-hybridized carbons (Fsp3) is 0.500. The van der Waals surface area contributed by atoms with Crippen LogP contribution >= 0.6 is 11.6 Å². The predicted molar refractivity (Wildman–Crippen MR) is 185 cm³/mol. The summed E-state index contributed by atoms with van der Waals surface area (Å²) < 4.78 is 7.06. The number of aliphatic hydroxyl groups is 1. The molecule has 0 radical (unpaired) electrons. The lowest BCUT2D eigenvalue weighted by Crippen LogP contribution is -2.56. The number of nitrogens with zero attached hydrogens (tertiary/aromatic N) is 3.